The zero-order valence-electron chi connectivity index (χ0n) is 11.6. The minimum Gasteiger partial charge on any atom is -0.340 e. The highest BCUT2D eigenvalue weighted by molar-refractivity contribution is 5.76. The van der Waals surface area contributed by atoms with Crippen molar-refractivity contribution in [3.8, 4) is 0 Å². The molecular weight excluding hydrogens is 240 g/mol. The van der Waals surface area contributed by atoms with Crippen LogP contribution in [0.25, 0.3) is 0 Å². The van der Waals surface area contributed by atoms with Gasteiger partial charge in [0.1, 0.15) is 0 Å². The van der Waals surface area contributed by atoms with Crippen molar-refractivity contribution in [2.45, 2.75) is 31.7 Å². The summed E-state index contributed by atoms with van der Waals surface area (Å²) in [6.45, 7) is 4.12. The van der Waals surface area contributed by atoms with Crippen molar-refractivity contribution >= 4 is 5.91 Å². The lowest BCUT2D eigenvalue weighted by Gasteiger charge is -2.37. The SMILES string of the molecule is Cn1cc(CCC(=O)N2CCN3CCCC3C2)cn1. The number of aromatic nitrogens is 2. The van der Waals surface area contributed by atoms with Gasteiger partial charge < -0.3 is 4.90 Å². The molecular formula is C14H22N4O. The third-order valence-corrected chi connectivity index (χ3v) is 4.33. The first-order valence-corrected chi connectivity index (χ1v) is 7.22. The predicted molar refractivity (Wildman–Crippen MR) is 72.7 cm³/mol. The maximum Gasteiger partial charge on any atom is 0.223 e. The third-order valence-electron chi connectivity index (χ3n) is 4.33. The van der Waals surface area contributed by atoms with E-state index < -0.39 is 0 Å². The highest BCUT2D eigenvalue weighted by Crippen LogP contribution is 2.21. The minimum absolute atomic E-state index is 0.301. The molecule has 19 heavy (non-hydrogen) atoms. The standard InChI is InChI=1S/C14H22N4O/c1-16-10-12(9-15-16)4-5-14(19)18-8-7-17-6-2-3-13(17)11-18/h9-10,13H,2-8,11H2,1H3. The molecule has 0 saturated carbocycles. The van der Waals surface area contributed by atoms with Crippen molar-refractivity contribution in [3.05, 3.63) is 18.0 Å². The summed E-state index contributed by atoms with van der Waals surface area (Å²) < 4.78 is 1.79. The van der Waals surface area contributed by atoms with E-state index >= 15 is 0 Å². The van der Waals surface area contributed by atoms with Crippen molar-refractivity contribution in [1.82, 2.24) is 19.6 Å². The second-order valence-electron chi connectivity index (χ2n) is 5.69. The van der Waals surface area contributed by atoms with E-state index in [-0.39, 0.29) is 0 Å². The topological polar surface area (TPSA) is 41.4 Å². The van der Waals surface area contributed by atoms with Gasteiger partial charge >= 0.3 is 0 Å². The summed E-state index contributed by atoms with van der Waals surface area (Å²) in [4.78, 5) is 16.8. The first-order chi connectivity index (χ1) is 9.22. The number of aryl methyl sites for hydroxylation is 2. The molecule has 2 saturated heterocycles. The third kappa shape index (κ3) is 2.81. The largest absolute Gasteiger partial charge is 0.340 e. The van der Waals surface area contributed by atoms with Gasteiger partial charge in [-0.15, -0.1) is 0 Å². The second-order valence-corrected chi connectivity index (χ2v) is 5.69. The van der Waals surface area contributed by atoms with E-state index in [1.807, 2.05) is 19.4 Å². The lowest BCUT2D eigenvalue weighted by molar-refractivity contribution is -0.133. The number of amides is 1. The average Bonchev–Trinajstić information content (AvgIpc) is 3.03. The number of hydrogen-bond donors (Lipinski definition) is 0. The molecule has 1 atom stereocenters. The quantitative estimate of drug-likeness (QED) is 0.803. The van der Waals surface area contributed by atoms with Gasteiger partial charge in [-0.25, -0.2) is 0 Å². The van der Waals surface area contributed by atoms with E-state index in [0.717, 1.165) is 31.6 Å². The van der Waals surface area contributed by atoms with Crippen LogP contribution in [0, 0.1) is 0 Å². The highest BCUT2D eigenvalue weighted by atomic mass is 16.2. The maximum atomic E-state index is 12.2. The Morgan fingerprint density at radius 2 is 2.32 bits per heavy atom. The van der Waals surface area contributed by atoms with Crippen LogP contribution >= 0.6 is 0 Å². The van der Waals surface area contributed by atoms with Crippen molar-refractivity contribution in [1.29, 1.82) is 0 Å². The first kappa shape index (κ1) is 12.7. The number of rotatable bonds is 3. The summed E-state index contributed by atoms with van der Waals surface area (Å²) in [6, 6.07) is 0.621. The van der Waals surface area contributed by atoms with E-state index in [1.54, 1.807) is 4.68 Å². The zero-order valence-corrected chi connectivity index (χ0v) is 11.6. The zero-order chi connectivity index (χ0) is 13.2. The minimum atomic E-state index is 0.301. The molecule has 1 unspecified atom stereocenters. The van der Waals surface area contributed by atoms with Crippen LogP contribution in [0.1, 0.15) is 24.8 Å². The normalized spacial score (nSPS) is 23.6. The Labute approximate surface area is 114 Å². The Kier molecular flexibility index (Phi) is 3.55. The molecule has 0 aromatic carbocycles. The van der Waals surface area contributed by atoms with Crippen molar-refractivity contribution < 1.29 is 4.79 Å². The van der Waals surface area contributed by atoms with Crippen molar-refractivity contribution in [3.63, 3.8) is 0 Å². The lowest BCUT2D eigenvalue weighted by atomic mass is 10.1. The fraction of sp³-hybridized carbons (Fsp3) is 0.714. The molecule has 104 valence electrons. The molecule has 3 rings (SSSR count). The molecule has 0 N–H and O–H groups in total. The Morgan fingerprint density at radius 3 is 3.11 bits per heavy atom. The second kappa shape index (κ2) is 5.33. The number of carbonyl (C=O) groups excluding carboxylic acids is 1. The summed E-state index contributed by atoms with van der Waals surface area (Å²) in [5, 5.41) is 4.14. The summed E-state index contributed by atoms with van der Waals surface area (Å²) in [5.74, 6) is 0.301. The fourth-order valence-corrected chi connectivity index (χ4v) is 3.23. The smallest absolute Gasteiger partial charge is 0.223 e. The molecule has 2 aliphatic heterocycles. The molecule has 0 aliphatic carbocycles. The van der Waals surface area contributed by atoms with Gasteiger partial charge in [-0.1, -0.05) is 0 Å². The van der Waals surface area contributed by atoms with Gasteiger partial charge in [-0.3, -0.25) is 14.4 Å². The molecule has 5 heteroatoms. The number of hydrogen-bond acceptors (Lipinski definition) is 3. The van der Waals surface area contributed by atoms with Crippen LogP contribution in [-0.4, -0.2) is 57.7 Å². The van der Waals surface area contributed by atoms with Gasteiger partial charge in [0.25, 0.3) is 0 Å². The van der Waals surface area contributed by atoms with E-state index in [0.29, 0.717) is 18.4 Å². The van der Waals surface area contributed by atoms with Crippen LogP contribution < -0.4 is 0 Å². The number of piperazine rings is 1. The number of nitrogens with zero attached hydrogens (tertiary/aromatic N) is 4. The van der Waals surface area contributed by atoms with Crippen LogP contribution in [0.15, 0.2) is 12.4 Å². The van der Waals surface area contributed by atoms with Gasteiger partial charge in [-0.2, -0.15) is 5.10 Å². The highest BCUT2D eigenvalue weighted by Gasteiger charge is 2.32. The molecule has 5 nitrogen and oxygen atoms in total. The van der Waals surface area contributed by atoms with Crippen LogP contribution in [-0.2, 0) is 18.3 Å². The van der Waals surface area contributed by atoms with E-state index in [2.05, 4.69) is 14.9 Å². The van der Waals surface area contributed by atoms with Crippen LogP contribution in [0.3, 0.4) is 0 Å². The van der Waals surface area contributed by atoms with Crippen LogP contribution in [0.5, 0.6) is 0 Å². The molecule has 3 heterocycles. The van der Waals surface area contributed by atoms with Crippen LogP contribution in [0.2, 0.25) is 0 Å². The molecule has 1 aromatic heterocycles. The lowest BCUT2D eigenvalue weighted by Crippen LogP contribution is -2.52. The predicted octanol–water partition coefficient (Wildman–Crippen LogP) is 0.659. The van der Waals surface area contributed by atoms with Crippen molar-refractivity contribution in [2.24, 2.45) is 7.05 Å². The summed E-state index contributed by atoms with van der Waals surface area (Å²) in [7, 11) is 1.91. The van der Waals surface area contributed by atoms with Gasteiger partial charge in [0.15, 0.2) is 0 Å². The molecule has 0 bridgehead atoms. The summed E-state index contributed by atoms with van der Waals surface area (Å²) >= 11 is 0. The van der Waals surface area contributed by atoms with Crippen molar-refractivity contribution in [2.75, 3.05) is 26.2 Å². The van der Waals surface area contributed by atoms with Gasteiger partial charge in [0.2, 0.25) is 5.91 Å². The van der Waals surface area contributed by atoms with Gasteiger partial charge in [0, 0.05) is 45.3 Å². The molecule has 0 spiro atoms. The Bertz CT molecular complexity index is 456. The molecule has 0 radical (unpaired) electrons. The first-order valence-electron chi connectivity index (χ1n) is 7.22. The number of carbonyl (C=O) groups is 1. The molecule has 1 aromatic rings. The Balaban J connectivity index is 1.50. The van der Waals surface area contributed by atoms with E-state index in [1.165, 1.54) is 19.4 Å². The average molecular weight is 262 g/mol. The van der Waals surface area contributed by atoms with E-state index in [4.69, 9.17) is 0 Å². The molecule has 2 fully saturated rings. The molecule has 2 aliphatic rings. The monoisotopic (exact) mass is 262 g/mol. The molecule has 1 amide bonds. The summed E-state index contributed by atoms with van der Waals surface area (Å²) in [5.41, 5.74) is 1.15. The number of fused-ring (bicyclic) bond motifs is 1. The summed E-state index contributed by atoms with van der Waals surface area (Å²) in [6.07, 6.45) is 7.80. The Hall–Kier alpha value is -1.36. The maximum absolute atomic E-state index is 12.2. The van der Waals surface area contributed by atoms with Crippen LogP contribution in [0.4, 0.5) is 0 Å². The Morgan fingerprint density at radius 1 is 1.42 bits per heavy atom. The van der Waals surface area contributed by atoms with Gasteiger partial charge in [0.05, 0.1) is 6.20 Å². The van der Waals surface area contributed by atoms with E-state index in [9.17, 15) is 4.79 Å². The van der Waals surface area contributed by atoms with Gasteiger partial charge in [-0.05, 0) is 31.4 Å². The fourth-order valence-electron chi connectivity index (χ4n) is 3.23.